The van der Waals surface area contributed by atoms with Crippen LogP contribution in [-0.4, -0.2) is 34.5 Å². The molecule has 0 N–H and O–H groups in total. The average Bonchev–Trinajstić information content (AvgIpc) is 3.03. The van der Waals surface area contributed by atoms with Crippen LogP contribution in [0.4, 0.5) is 0 Å². The van der Waals surface area contributed by atoms with Crippen LogP contribution < -0.4 is 0 Å². The number of benzene rings is 1. The zero-order valence-electron chi connectivity index (χ0n) is 13.1. The highest BCUT2D eigenvalue weighted by Gasteiger charge is 2.14. The van der Waals surface area contributed by atoms with Crippen molar-refractivity contribution < 1.29 is 26.8 Å². The molecule has 1 aliphatic rings. The van der Waals surface area contributed by atoms with E-state index in [0.29, 0.717) is 19.6 Å². The Labute approximate surface area is 137 Å². The van der Waals surface area contributed by atoms with E-state index in [2.05, 4.69) is 0 Å². The lowest BCUT2D eigenvalue weighted by Crippen LogP contribution is -2.11. The van der Waals surface area contributed by atoms with Gasteiger partial charge in [0.25, 0.3) is 10.1 Å². The molecule has 0 aromatic heterocycles. The summed E-state index contributed by atoms with van der Waals surface area (Å²) in [6.07, 6.45) is 4.93. The Morgan fingerprint density at radius 1 is 1.00 bits per heavy atom. The lowest BCUT2D eigenvalue weighted by atomic mass is 10.2. The molecule has 0 spiro atoms. The maximum absolute atomic E-state index is 11.9. The molecule has 1 aromatic carbocycles. The summed E-state index contributed by atoms with van der Waals surface area (Å²) in [7, 11) is -3.68. The molecular weight excluding hydrogens is 320 g/mol. The summed E-state index contributed by atoms with van der Waals surface area (Å²) in [6, 6.07) is 6.58. The molecule has 7 heteroatoms. The minimum atomic E-state index is -3.68. The van der Waals surface area contributed by atoms with Gasteiger partial charge in [-0.1, -0.05) is 17.7 Å². The summed E-state index contributed by atoms with van der Waals surface area (Å²) in [5.41, 5.74) is 1.00. The van der Waals surface area contributed by atoms with E-state index in [9.17, 15) is 8.42 Å². The molecule has 0 aliphatic carbocycles. The van der Waals surface area contributed by atoms with Crippen LogP contribution in [-0.2, 0) is 28.5 Å². The summed E-state index contributed by atoms with van der Waals surface area (Å²) in [5, 5.41) is 0. The second-order valence-corrected chi connectivity index (χ2v) is 6.79. The molecule has 0 radical (unpaired) electrons. The van der Waals surface area contributed by atoms with Gasteiger partial charge < -0.3 is 14.2 Å². The van der Waals surface area contributed by atoms with Crippen LogP contribution in [0.15, 0.2) is 41.7 Å². The summed E-state index contributed by atoms with van der Waals surface area (Å²) >= 11 is 0. The van der Waals surface area contributed by atoms with Crippen LogP contribution in [0, 0.1) is 6.92 Å². The standard InChI is InChI=1S/C16H22O6S/c1-14-5-7-15(8-6-14)23(17,18)22-11-3-10-19-9-2-4-16-20-12-13-21-16/h5-8,12-13,16H,2-4,9-11H2,1H3. The predicted octanol–water partition coefficient (Wildman–Crippen LogP) is 2.73. The third-order valence-corrected chi connectivity index (χ3v) is 4.55. The monoisotopic (exact) mass is 342 g/mol. The molecule has 0 unspecified atom stereocenters. The van der Waals surface area contributed by atoms with Crippen molar-refractivity contribution in [3.05, 3.63) is 42.4 Å². The molecule has 6 nitrogen and oxygen atoms in total. The van der Waals surface area contributed by atoms with Crippen molar-refractivity contribution >= 4 is 10.1 Å². The molecule has 0 bridgehead atoms. The second-order valence-electron chi connectivity index (χ2n) is 5.17. The van der Waals surface area contributed by atoms with Crippen molar-refractivity contribution in [2.24, 2.45) is 0 Å². The van der Waals surface area contributed by atoms with Crippen molar-refractivity contribution in [1.29, 1.82) is 0 Å². The molecule has 2 rings (SSSR count). The lowest BCUT2D eigenvalue weighted by molar-refractivity contribution is -0.0341. The summed E-state index contributed by atoms with van der Waals surface area (Å²) < 4.78 is 44.5. The number of hydrogen-bond donors (Lipinski definition) is 0. The first-order chi connectivity index (χ1) is 11.1. The van der Waals surface area contributed by atoms with Gasteiger partial charge in [-0.25, -0.2) is 0 Å². The molecule has 0 fully saturated rings. The topological polar surface area (TPSA) is 71.1 Å². The Morgan fingerprint density at radius 2 is 1.65 bits per heavy atom. The van der Waals surface area contributed by atoms with Gasteiger partial charge in [-0.05, 0) is 31.9 Å². The second kappa shape index (κ2) is 8.90. The summed E-state index contributed by atoms with van der Waals surface area (Å²) in [6.45, 7) is 3.03. The van der Waals surface area contributed by atoms with Crippen LogP contribution in [0.25, 0.3) is 0 Å². The number of rotatable bonds is 10. The van der Waals surface area contributed by atoms with Gasteiger partial charge in [0.2, 0.25) is 6.29 Å². The van der Waals surface area contributed by atoms with Crippen molar-refractivity contribution in [2.45, 2.75) is 37.4 Å². The largest absolute Gasteiger partial charge is 0.459 e. The van der Waals surface area contributed by atoms with Gasteiger partial charge >= 0.3 is 0 Å². The maximum atomic E-state index is 11.9. The minimum Gasteiger partial charge on any atom is -0.459 e. The fraction of sp³-hybridized carbons (Fsp3) is 0.500. The summed E-state index contributed by atoms with van der Waals surface area (Å²) in [5.74, 6) is 0. The third-order valence-electron chi connectivity index (χ3n) is 3.23. The van der Waals surface area contributed by atoms with E-state index >= 15 is 0 Å². The molecule has 0 saturated carbocycles. The third kappa shape index (κ3) is 6.21. The zero-order chi connectivity index (χ0) is 16.5. The Hall–Kier alpha value is -1.57. The molecule has 1 aliphatic heterocycles. The van der Waals surface area contributed by atoms with Crippen molar-refractivity contribution in [3.8, 4) is 0 Å². The van der Waals surface area contributed by atoms with Crippen molar-refractivity contribution in [3.63, 3.8) is 0 Å². The lowest BCUT2D eigenvalue weighted by Gasteiger charge is -2.10. The quantitative estimate of drug-likeness (QED) is 0.481. The van der Waals surface area contributed by atoms with Gasteiger partial charge in [0.1, 0.15) is 12.5 Å². The molecule has 0 saturated heterocycles. The van der Waals surface area contributed by atoms with Gasteiger partial charge in [0.05, 0.1) is 11.5 Å². The van der Waals surface area contributed by atoms with Gasteiger partial charge in [-0.3, -0.25) is 4.18 Å². The summed E-state index contributed by atoms with van der Waals surface area (Å²) in [4.78, 5) is 0.175. The highest BCUT2D eigenvalue weighted by molar-refractivity contribution is 7.86. The minimum absolute atomic E-state index is 0.106. The Bertz CT molecular complexity index is 586. The normalized spacial score (nSPS) is 14.7. The fourth-order valence-corrected chi connectivity index (χ4v) is 2.91. The molecule has 0 atom stereocenters. The molecular formula is C16H22O6S. The average molecular weight is 342 g/mol. The van der Waals surface area contributed by atoms with Gasteiger partial charge in [-0.2, -0.15) is 8.42 Å². The highest BCUT2D eigenvalue weighted by atomic mass is 32.2. The Balaban J connectivity index is 1.53. The van der Waals surface area contributed by atoms with Crippen LogP contribution in [0.2, 0.25) is 0 Å². The van der Waals surface area contributed by atoms with E-state index in [4.69, 9.17) is 18.4 Å². The van der Waals surface area contributed by atoms with E-state index < -0.39 is 10.1 Å². The first-order valence-corrected chi connectivity index (χ1v) is 8.98. The van der Waals surface area contributed by atoms with Crippen LogP contribution in [0.1, 0.15) is 24.8 Å². The highest BCUT2D eigenvalue weighted by Crippen LogP contribution is 2.13. The van der Waals surface area contributed by atoms with E-state index in [1.165, 1.54) is 12.5 Å². The molecule has 128 valence electrons. The van der Waals surface area contributed by atoms with Gasteiger partial charge in [-0.15, -0.1) is 0 Å². The Morgan fingerprint density at radius 3 is 2.35 bits per heavy atom. The van der Waals surface area contributed by atoms with Crippen LogP contribution in [0.3, 0.4) is 0 Å². The van der Waals surface area contributed by atoms with E-state index in [1.54, 1.807) is 24.3 Å². The number of aryl methyl sites for hydroxylation is 1. The smallest absolute Gasteiger partial charge is 0.296 e. The Kier molecular flexibility index (Phi) is 6.88. The van der Waals surface area contributed by atoms with Gasteiger partial charge in [0.15, 0.2) is 0 Å². The molecule has 1 aromatic rings. The SMILES string of the molecule is Cc1ccc(S(=O)(=O)OCCCOCCCC2OC=CO2)cc1. The van der Waals surface area contributed by atoms with Crippen LogP contribution >= 0.6 is 0 Å². The maximum Gasteiger partial charge on any atom is 0.296 e. The first-order valence-electron chi connectivity index (χ1n) is 7.58. The van der Waals surface area contributed by atoms with Crippen LogP contribution in [0.5, 0.6) is 0 Å². The molecule has 1 heterocycles. The van der Waals surface area contributed by atoms with E-state index in [0.717, 1.165) is 18.4 Å². The van der Waals surface area contributed by atoms with E-state index in [1.807, 2.05) is 6.92 Å². The van der Waals surface area contributed by atoms with Crippen molar-refractivity contribution in [1.82, 2.24) is 0 Å². The number of ether oxygens (including phenoxy) is 3. The van der Waals surface area contributed by atoms with Gasteiger partial charge in [0, 0.05) is 19.6 Å². The first kappa shape index (κ1) is 17.8. The number of hydrogen-bond acceptors (Lipinski definition) is 6. The van der Waals surface area contributed by atoms with Crippen molar-refractivity contribution in [2.75, 3.05) is 19.8 Å². The predicted molar refractivity (Wildman–Crippen MR) is 84.1 cm³/mol. The van der Waals surface area contributed by atoms with E-state index in [-0.39, 0.29) is 17.8 Å². The molecule has 0 amide bonds. The zero-order valence-corrected chi connectivity index (χ0v) is 14.0. The molecule has 23 heavy (non-hydrogen) atoms. The fourth-order valence-electron chi connectivity index (χ4n) is 1.96.